The lowest BCUT2D eigenvalue weighted by atomic mass is 10.2. The van der Waals surface area contributed by atoms with E-state index >= 15 is 0 Å². The first kappa shape index (κ1) is 11.4. The van der Waals surface area contributed by atoms with E-state index < -0.39 is 0 Å². The van der Waals surface area contributed by atoms with Gasteiger partial charge in [-0.3, -0.25) is 0 Å². The van der Waals surface area contributed by atoms with Gasteiger partial charge in [-0.15, -0.1) is 0 Å². The molecule has 3 nitrogen and oxygen atoms in total. The Morgan fingerprint density at radius 2 is 2.19 bits per heavy atom. The van der Waals surface area contributed by atoms with Gasteiger partial charge in [0.2, 0.25) is 0 Å². The van der Waals surface area contributed by atoms with E-state index in [9.17, 15) is 0 Å². The van der Waals surface area contributed by atoms with Gasteiger partial charge in [-0.05, 0) is 18.7 Å². The number of benzene rings is 1. The summed E-state index contributed by atoms with van der Waals surface area (Å²) in [6, 6.07) is 8.24. The minimum atomic E-state index is 0.808. The van der Waals surface area contributed by atoms with Crippen LogP contribution in [0.3, 0.4) is 0 Å². The molecule has 0 unspecified atom stereocenters. The molecule has 1 aromatic heterocycles. The maximum absolute atomic E-state index is 4.32. The fourth-order valence-electron chi connectivity index (χ4n) is 1.59. The summed E-state index contributed by atoms with van der Waals surface area (Å²) in [4.78, 5) is 4.32. The summed E-state index contributed by atoms with van der Waals surface area (Å²) in [7, 11) is 1.92. The van der Waals surface area contributed by atoms with E-state index in [1.165, 1.54) is 5.56 Å². The van der Waals surface area contributed by atoms with Gasteiger partial charge in [-0.25, -0.2) is 4.98 Å². The molecule has 16 heavy (non-hydrogen) atoms. The molecule has 0 aliphatic carbocycles. The molecular formula is C12H14BrN3. The molecule has 0 fully saturated rings. The van der Waals surface area contributed by atoms with Crippen molar-refractivity contribution in [3.8, 4) is 0 Å². The second-order valence-corrected chi connectivity index (χ2v) is 4.51. The molecule has 0 radical (unpaired) electrons. The highest BCUT2D eigenvalue weighted by atomic mass is 79.9. The van der Waals surface area contributed by atoms with Crippen LogP contribution in [-0.4, -0.2) is 16.6 Å². The molecule has 2 rings (SSSR count). The van der Waals surface area contributed by atoms with E-state index in [1.807, 2.05) is 25.5 Å². The van der Waals surface area contributed by atoms with Crippen LogP contribution in [-0.2, 0) is 13.1 Å². The largest absolute Gasteiger partial charge is 0.333 e. The van der Waals surface area contributed by atoms with Crippen molar-refractivity contribution in [2.24, 2.45) is 0 Å². The zero-order valence-corrected chi connectivity index (χ0v) is 10.7. The first-order valence-corrected chi connectivity index (χ1v) is 5.97. The summed E-state index contributed by atoms with van der Waals surface area (Å²) in [5, 5.41) is 3.09. The van der Waals surface area contributed by atoms with Gasteiger partial charge in [-0.1, -0.05) is 34.1 Å². The van der Waals surface area contributed by atoms with Crippen LogP contribution in [0, 0.1) is 0 Å². The summed E-state index contributed by atoms with van der Waals surface area (Å²) in [6.07, 6.45) is 3.93. The van der Waals surface area contributed by atoms with Gasteiger partial charge in [-0.2, -0.15) is 0 Å². The lowest BCUT2D eigenvalue weighted by Crippen LogP contribution is -2.05. The average Bonchev–Trinajstić information content (AvgIpc) is 2.70. The fraction of sp³-hybridized carbons (Fsp3) is 0.250. The second-order valence-electron chi connectivity index (χ2n) is 3.66. The summed E-state index contributed by atoms with van der Waals surface area (Å²) in [6.45, 7) is 1.65. The van der Waals surface area contributed by atoms with Gasteiger partial charge in [0.25, 0.3) is 0 Å². The molecule has 1 heterocycles. The lowest BCUT2D eigenvalue weighted by Gasteiger charge is -2.04. The maximum atomic E-state index is 4.32. The number of hydrogen-bond donors (Lipinski definition) is 1. The number of rotatable bonds is 4. The number of imidazole rings is 1. The van der Waals surface area contributed by atoms with Crippen LogP contribution in [0.15, 0.2) is 41.3 Å². The van der Waals surface area contributed by atoms with Crippen LogP contribution < -0.4 is 5.32 Å². The third-order valence-corrected chi connectivity index (χ3v) is 3.13. The van der Waals surface area contributed by atoms with Gasteiger partial charge in [0, 0.05) is 23.8 Å². The Morgan fingerprint density at radius 3 is 2.94 bits per heavy atom. The predicted octanol–water partition coefficient (Wildman–Crippen LogP) is 2.41. The van der Waals surface area contributed by atoms with Crippen LogP contribution in [0.5, 0.6) is 0 Å². The topological polar surface area (TPSA) is 29.9 Å². The summed E-state index contributed by atoms with van der Waals surface area (Å²) in [5.41, 5.74) is 2.32. The molecule has 0 amide bonds. The molecular weight excluding hydrogens is 266 g/mol. The van der Waals surface area contributed by atoms with Crippen molar-refractivity contribution in [2.45, 2.75) is 13.1 Å². The molecule has 0 spiro atoms. The molecule has 0 saturated heterocycles. The molecule has 4 heteroatoms. The lowest BCUT2D eigenvalue weighted by molar-refractivity contribution is 0.780. The van der Waals surface area contributed by atoms with Crippen LogP contribution in [0.1, 0.15) is 11.3 Å². The van der Waals surface area contributed by atoms with Gasteiger partial charge < -0.3 is 9.88 Å². The molecule has 1 N–H and O–H groups in total. The van der Waals surface area contributed by atoms with Crippen molar-refractivity contribution in [3.05, 3.63) is 52.5 Å². The SMILES string of the molecule is CNCc1cn(Cc2ccccc2Br)cn1. The molecule has 0 aliphatic heterocycles. The number of hydrogen-bond acceptors (Lipinski definition) is 2. The Morgan fingerprint density at radius 1 is 1.38 bits per heavy atom. The van der Waals surface area contributed by atoms with Gasteiger partial charge in [0.05, 0.1) is 12.0 Å². The van der Waals surface area contributed by atoms with Crippen molar-refractivity contribution in [1.29, 1.82) is 0 Å². The summed E-state index contributed by atoms with van der Waals surface area (Å²) >= 11 is 3.55. The summed E-state index contributed by atoms with van der Waals surface area (Å²) in [5.74, 6) is 0. The van der Waals surface area contributed by atoms with Crippen molar-refractivity contribution in [3.63, 3.8) is 0 Å². The number of aromatic nitrogens is 2. The van der Waals surface area contributed by atoms with Crippen molar-refractivity contribution >= 4 is 15.9 Å². The van der Waals surface area contributed by atoms with Crippen LogP contribution in [0.25, 0.3) is 0 Å². The van der Waals surface area contributed by atoms with Gasteiger partial charge in [0.1, 0.15) is 0 Å². The van der Waals surface area contributed by atoms with E-state index in [2.05, 4.69) is 49.1 Å². The Kier molecular flexibility index (Phi) is 3.74. The highest BCUT2D eigenvalue weighted by molar-refractivity contribution is 9.10. The Labute approximate surface area is 104 Å². The van der Waals surface area contributed by atoms with Crippen molar-refractivity contribution in [2.75, 3.05) is 7.05 Å². The van der Waals surface area contributed by atoms with Crippen LogP contribution in [0.2, 0.25) is 0 Å². The molecule has 0 bridgehead atoms. The average molecular weight is 280 g/mol. The molecule has 0 atom stereocenters. The third kappa shape index (κ3) is 2.71. The molecule has 2 aromatic rings. The van der Waals surface area contributed by atoms with Crippen molar-refractivity contribution in [1.82, 2.24) is 14.9 Å². The molecule has 0 aliphatic rings. The number of nitrogens with one attached hydrogen (secondary N) is 1. The number of halogens is 1. The zero-order chi connectivity index (χ0) is 11.4. The Bertz CT molecular complexity index is 465. The first-order chi connectivity index (χ1) is 7.79. The quantitative estimate of drug-likeness (QED) is 0.932. The molecule has 1 aromatic carbocycles. The van der Waals surface area contributed by atoms with Crippen LogP contribution in [0.4, 0.5) is 0 Å². The minimum absolute atomic E-state index is 0.808. The third-order valence-electron chi connectivity index (χ3n) is 2.36. The van der Waals surface area contributed by atoms with Crippen molar-refractivity contribution < 1.29 is 0 Å². The van der Waals surface area contributed by atoms with Gasteiger partial charge in [0.15, 0.2) is 0 Å². The monoisotopic (exact) mass is 279 g/mol. The van der Waals surface area contributed by atoms with E-state index in [4.69, 9.17) is 0 Å². The predicted molar refractivity (Wildman–Crippen MR) is 68.2 cm³/mol. The Balaban J connectivity index is 2.11. The summed E-state index contributed by atoms with van der Waals surface area (Å²) < 4.78 is 3.23. The van der Waals surface area contributed by atoms with E-state index in [-0.39, 0.29) is 0 Å². The molecule has 84 valence electrons. The van der Waals surface area contributed by atoms with Crippen LogP contribution >= 0.6 is 15.9 Å². The normalized spacial score (nSPS) is 10.6. The standard InChI is InChI=1S/C12H14BrN3/c1-14-6-11-8-16(9-15-11)7-10-4-2-3-5-12(10)13/h2-5,8-9,14H,6-7H2,1H3. The van der Waals surface area contributed by atoms with E-state index in [1.54, 1.807) is 0 Å². The zero-order valence-electron chi connectivity index (χ0n) is 9.15. The second kappa shape index (κ2) is 5.27. The smallest absolute Gasteiger partial charge is 0.0953 e. The van der Waals surface area contributed by atoms with E-state index in [0.29, 0.717) is 0 Å². The molecule has 0 saturated carbocycles. The van der Waals surface area contributed by atoms with E-state index in [0.717, 1.165) is 23.3 Å². The fourth-order valence-corrected chi connectivity index (χ4v) is 2.00. The highest BCUT2D eigenvalue weighted by Gasteiger charge is 2.01. The number of nitrogens with zero attached hydrogens (tertiary/aromatic N) is 2. The highest BCUT2D eigenvalue weighted by Crippen LogP contribution is 2.16. The minimum Gasteiger partial charge on any atom is -0.333 e. The van der Waals surface area contributed by atoms with Gasteiger partial charge >= 0.3 is 0 Å². The Hall–Kier alpha value is -1.13. The first-order valence-electron chi connectivity index (χ1n) is 5.18. The maximum Gasteiger partial charge on any atom is 0.0953 e.